The molecule has 3 rings (SSSR count). The van der Waals surface area contributed by atoms with Crippen LogP contribution in [0, 0.1) is 0 Å². The number of carbonyl (C=O) groups is 1. The van der Waals surface area contributed by atoms with Crippen LogP contribution in [0.25, 0.3) is 0 Å². The molecule has 4 heteroatoms. The van der Waals surface area contributed by atoms with Crippen LogP contribution in [-0.2, 0) is 0 Å². The van der Waals surface area contributed by atoms with Gasteiger partial charge in [0, 0.05) is 29.7 Å². The second-order valence-electron chi connectivity index (χ2n) is 8.20. The summed E-state index contributed by atoms with van der Waals surface area (Å²) in [7, 11) is 0. The minimum atomic E-state index is -0.757. The van der Waals surface area contributed by atoms with Gasteiger partial charge >= 0.3 is 6.09 Å². The Kier molecular flexibility index (Phi) is 3.93. The molecule has 1 N–H and O–H groups in total. The highest BCUT2D eigenvalue weighted by atomic mass is 16.4. The largest absolute Gasteiger partial charge is 0.465 e. The Hall–Kier alpha value is -0.770. The molecule has 0 aromatic heterocycles. The highest BCUT2D eigenvalue weighted by Crippen LogP contribution is 2.42. The van der Waals surface area contributed by atoms with Crippen molar-refractivity contribution in [3.8, 4) is 0 Å². The van der Waals surface area contributed by atoms with Crippen LogP contribution in [0.3, 0.4) is 0 Å². The molecule has 0 unspecified atom stereocenters. The highest BCUT2D eigenvalue weighted by molar-refractivity contribution is 5.66. The van der Waals surface area contributed by atoms with Gasteiger partial charge in [0.2, 0.25) is 0 Å². The quantitative estimate of drug-likeness (QED) is 0.859. The van der Waals surface area contributed by atoms with Crippen LogP contribution < -0.4 is 0 Å². The summed E-state index contributed by atoms with van der Waals surface area (Å²) in [6.45, 7) is 6.02. The minimum Gasteiger partial charge on any atom is -0.465 e. The number of amides is 1. The second-order valence-corrected chi connectivity index (χ2v) is 8.20. The van der Waals surface area contributed by atoms with Crippen LogP contribution in [0.5, 0.6) is 0 Å². The predicted molar refractivity (Wildman–Crippen MR) is 83.5 cm³/mol. The molecule has 3 aliphatic carbocycles. The third-order valence-electron chi connectivity index (χ3n) is 5.32. The molecular formula is C17H30N2O2. The molecule has 1 amide bonds. The van der Waals surface area contributed by atoms with E-state index in [9.17, 15) is 9.90 Å². The van der Waals surface area contributed by atoms with E-state index in [1.54, 1.807) is 4.90 Å². The molecule has 0 aromatic carbocycles. The molecule has 0 heterocycles. The van der Waals surface area contributed by atoms with Crippen molar-refractivity contribution in [3.63, 3.8) is 0 Å². The van der Waals surface area contributed by atoms with Gasteiger partial charge in [0.15, 0.2) is 0 Å². The van der Waals surface area contributed by atoms with Crippen LogP contribution in [0.4, 0.5) is 4.79 Å². The van der Waals surface area contributed by atoms with Gasteiger partial charge in [-0.1, -0.05) is 0 Å². The molecule has 21 heavy (non-hydrogen) atoms. The van der Waals surface area contributed by atoms with Crippen molar-refractivity contribution in [1.29, 1.82) is 0 Å². The van der Waals surface area contributed by atoms with Crippen LogP contribution >= 0.6 is 0 Å². The Morgan fingerprint density at radius 3 is 1.43 bits per heavy atom. The molecule has 0 bridgehead atoms. The van der Waals surface area contributed by atoms with Crippen molar-refractivity contribution in [2.24, 2.45) is 0 Å². The lowest BCUT2D eigenvalue weighted by Gasteiger charge is -2.44. The number of hydrogen-bond acceptors (Lipinski definition) is 2. The van der Waals surface area contributed by atoms with Crippen LogP contribution in [0.2, 0.25) is 0 Å². The minimum absolute atomic E-state index is 0.207. The van der Waals surface area contributed by atoms with Gasteiger partial charge in [-0.2, -0.15) is 0 Å². The van der Waals surface area contributed by atoms with Crippen molar-refractivity contribution in [2.75, 3.05) is 0 Å². The second kappa shape index (κ2) is 5.45. The maximum atomic E-state index is 11.6. The van der Waals surface area contributed by atoms with Crippen LogP contribution in [-0.4, -0.2) is 50.7 Å². The summed E-state index contributed by atoms with van der Waals surface area (Å²) in [4.78, 5) is 16.1. The van der Waals surface area contributed by atoms with Gasteiger partial charge in [0.1, 0.15) is 0 Å². The molecule has 3 aliphatic rings. The first-order chi connectivity index (χ1) is 9.88. The number of carboxylic acid groups (broad SMARTS) is 1. The van der Waals surface area contributed by atoms with E-state index >= 15 is 0 Å². The molecule has 0 spiro atoms. The summed E-state index contributed by atoms with van der Waals surface area (Å²) < 4.78 is 0. The van der Waals surface area contributed by atoms with Gasteiger partial charge in [0.05, 0.1) is 0 Å². The Morgan fingerprint density at radius 1 is 0.810 bits per heavy atom. The van der Waals surface area contributed by atoms with E-state index in [0.29, 0.717) is 0 Å². The van der Waals surface area contributed by atoms with E-state index in [0.717, 1.165) is 31.0 Å². The van der Waals surface area contributed by atoms with E-state index in [1.165, 1.54) is 38.5 Å². The third-order valence-corrected chi connectivity index (χ3v) is 5.32. The fourth-order valence-electron chi connectivity index (χ4n) is 4.25. The van der Waals surface area contributed by atoms with Crippen molar-refractivity contribution < 1.29 is 9.90 Å². The van der Waals surface area contributed by atoms with Crippen LogP contribution in [0.1, 0.15) is 72.1 Å². The first kappa shape index (κ1) is 15.1. The number of nitrogens with zero attached hydrogens (tertiary/aromatic N) is 2. The van der Waals surface area contributed by atoms with Gasteiger partial charge in [0.25, 0.3) is 0 Å². The predicted octanol–water partition coefficient (Wildman–Crippen LogP) is 3.70. The Balaban J connectivity index is 1.60. The molecule has 120 valence electrons. The molecule has 0 radical (unpaired) electrons. The highest BCUT2D eigenvalue weighted by Gasteiger charge is 2.44. The maximum absolute atomic E-state index is 11.6. The maximum Gasteiger partial charge on any atom is 0.407 e. The van der Waals surface area contributed by atoms with Gasteiger partial charge < -0.3 is 10.0 Å². The van der Waals surface area contributed by atoms with E-state index in [1.807, 2.05) is 20.8 Å². The van der Waals surface area contributed by atoms with Crippen molar-refractivity contribution in [3.05, 3.63) is 0 Å². The normalized spacial score (nSPS) is 30.5. The molecule has 0 aromatic rings. The lowest BCUT2D eigenvalue weighted by atomic mass is 9.87. The Labute approximate surface area is 128 Å². The van der Waals surface area contributed by atoms with Crippen LogP contribution in [0.15, 0.2) is 0 Å². The summed E-state index contributed by atoms with van der Waals surface area (Å²) >= 11 is 0. The SMILES string of the molecule is CC(C)(C)N(C(=O)O)C1CCC(N(C2CC2)C2CC2)CC1. The van der Waals surface area contributed by atoms with E-state index < -0.39 is 6.09 Å². The van der Waals surface area contributed by atoms with Gasteiger partial charge in [-0.3, -0.25) is 4.90 Å². The van der Waals surface area contributed by atoms with E-state index in [2.05, 4.69) is 4.90 Å². The van der Waals surface area contributed by atoms with E-state index in [-0.39, 0.29) is 11.6 Å². The smallest absolute Gasteiger partial charge is 0.407 e. The van der Waals surface area contributed by atoms with Crippen molar-refractivity contribution in [1.82, 2.24) is 9.80 Å². The zero-order valence-corrected chi connectivity index (χ0v) is 13.7. The topological polar surface area (TPSA) is 43.8 Å². The standard InChI is InChI=1S/C17H30N2O2/c1-17(2,3)19(16(20)21)15-10-8-14(9-11-15)18(12-4-5-12)13-6-7-13/h12-15H,4-11H2,1-3H3,(H,20,21). The van der Waals surface area contributed by atoms with Crippen molar-refractivity contribution in [2.45, 2.75) is 102 Å². The van der Waals surface area contributed by atoms with Crippen molar-refractivity contribution >= 4 is 6.09 Å². The zero-order chi connectivity index (χ0) is 15.2. The lowest BCUT2D eigenvalue weighted by molar-refractivity contribution is 0.0375. The lowest BCUT2D eigenvalue weighted by Crippen LogP contribution is -2.53. The number of hydrogen-bond donors (Lipinski definition) is 1. The first-order valence-corrected chi connectivity index (χ1v) is 8.67. The molecule has 3 fully saturated rings. The fourth-order valence-corrected chi connectivity index (χ4v) is 4.25. The molecule has 0 atom stereocenters. The average Bonchev–Trinajstić information content (AvgIpc) is 3.23. The zero-order valence-electron chi connectivity index (χ0n) is 13.7. The Morgan fingerprint density at radius 2 is 1.14 bits per heavy atom. The summed E-state index contributed by atoms with van der Waals surface area (Å²) in [5.41, 5.74) is -0.296. The molecule has 3 saturated carbocycles. The summed E-state index contributed by atoms with van der Waals surface area (Å²) in [5, 5.41) is 9.55. The molecule has 4 nitrogen and oxygen atoms in total. The third kappa shape index (κ3) is 3.36. The summed E-state index contributed by atoms with van der Waals surface area (Å²) in [6.07, 6.45) is 9.22. The van der Waals surface area contributed by atoms with E-state index in [4.69, 9.17) is 0 Å². The monoisotopic (exact) mass is 294 g/mol. The molecule has 0 saturated heterocycles. The summed E-state index contributed by atoms with van der Waals surface area (Å²) in [5.74, 6) is 0. The fraction of sp³-hybridized carbons (Fsp3) is 0.941. The van der Waals surface area contributed by atoms with Gasteiger partial charge in [-0.15, -0.1) is 0 Å². The van der Waals surface area contributed by atoms with Gasteiger partial charge in [-0.05, 0) is 72.1 Å². The summed E-state index contributed by atoms with van der Waals surface area (Å²) in [6, 6.07) is 2.64. The average molecular weight is 294 g/mol. The van der Waals surface area contributed by atoms with Gasteiger partial charge in [-0.25, -0.2) is 4.79 Å². The Bertz CT molecular complexity index is 376. The first-order valence-electron chi connectivity index (χ1n) is 8.67. The molecule has 0 aliphatic heterocycles. The molecular weight excluding hydrogens is 264 g/mol. The number of rotatable bonds is 4.